The molecule has 0 aliphatic rings. The van der Waals surface area contributed by atoms with Gasteiger partial charge in [0.05, 0.1) is 42.9 Å². The van der Waals surface area contributed by atoms with E-state index in [0.717, 1.165) is 11.4 Å². The van der Waals surface area contributed by atoms with Crippen LogP contribution in [0.1, 0.15) is 73.2 Å². The zero-order valence-corrected chi connectivity index (χ0v) is 18.4. The second-order valence-corrected chi connectivity index (χ2v) is 7.46. The highest BCUT2D eigenvalue weighted by Gasteiger charge is 2.25. The van der Waals surface area contributed by atoms with E-state index in [1.807, 2.05) is 25.5 Å². The summed E-state index contributed by atoms with van der Waals surface area (Å²) in [6.07, 6.45) is 5.02. The second kappa shape index (κ2) is 11.2. The van der Waals surface area contributed by atoms with Gasteiger partial charge in [-0.05, 0) is 20.8 Å². The van der Waals surface area contributed by atoms with Crippen molar-refractivity contribution in [3.05, 3.63) is 29.3 Å². The fraction of sp³-hybridized carbons (Fsp3) is 0.684. The van der Waals surface area contributed by atoms with Crippen molar-refractivity contribution in [3.63, 3.8) is 0 Å². The van der Waals surface area contributed by atoms with E-state index in [1.54, 1.807) is 30.4 Å². The van der Waals surface area contributed by atoms with Crippen molar-refractivity contribution in [2.75, 3.05) is 13.7 Å². The van der Waals surface area contributed by atoms with Crippen molar-refractivity contribution in [2.24, 2.45) is 0 Å². The topological polar surface area (TPSA) is 65.1 Å². The van der Waals surface area contributed by atoms with Crippen LogP contribution in [0.15, 0.2) is 18.6 Å². The van der Waals surface area contributed by atoms with E-state index < -0.39 is 0 Å². The number of rotatable bonds is 4. The van der Waals surface area contributed by atoms with E-state index in [2.05, 4.69) is 44.8 Å². The van der Waals surface area contributed by atoms with Crippen LogP contribution in [-0.2, 0) is 5.41 Å². The molecule has 2 heterocycles. The monoisotopic (exact) mass is 386 g/mol. The van der Waals surface area contributed by atoms with Gasteiger partial charge >= 0.3 is 0 Å². The second-order valence-electron chi connectivity index (χ2n) is 7.02. The molecule has 2 rings (SSSR count). The minimum atomic E-state index is 0.00694. The average Bonchev–Trinajstić information content (AvgIpc) is 3.22. The Labute approximate surface area is 163 Å². The molecule has 2 aromatic rings. The maximum atomic E-state index is 8.69. The Morgan fingerprint density at radius 3 is 2.08 bits per heavy atom. The standard InChI is InChI=1S/C11H20N2O.C6H9ClN2O.C2H6/c1-8(2)13-10(11(3,4)5)9(14-6)7-12-13;1-5(4-10)9-3-6(7)2-8-9;1-2/h7-8H,1-6H3;2-3,5,10H,4H2,1H3;1-2H3. The molecule has 0 spiro atoms. The third-order valence-corrected chi connectivity index (χ3v) is 3.66. The molecule has 0 aromatic carbocycles. The van der Waals surface area contributed by atoms with E-state index in [4.69, 9.17) is 21.4 Å². The fourth-order valence-corrected chi connectivity index (χ4v) is 2.38. The summed E-state index contributed by atoms with van der Waals surface area (Å²) in [6, 6.07) is 0.376. The maximum absolute atomic E-state index is 8.69. The van der Waals surface area contributed by atoms with Crippen LogP contribution in [0.4, 0.5) is 0 Å². The largest absolute Gasteiger partial charge is 0.493 e. The van der Waals surface area contributed by atoms with Crippen LogP contribution in [0.25, 0.3) is 0 Å². The van der Waals surface area contributed by atoms with E-state index in [9.17, 15) is 0 Å². The van der Waals surface area contributed by atoms with Gasteiger partial charge in [0.2, 0.25) is 0 Å². The van der Waals surface area contributed by atoms with E-state index in [0.29, 0.717) is 11.1 Å². The lowest BCUT2D eigenvalue weighted by Gasteiger charge is -2.23. The van der Waals surface area contributed by atoms with Gasteiger partial charge in [-0.15, -0.1) is 0 Å². The number of hydrogen-bond acceptors (Lipinski definition) is 4. The van der Waals surface area contributed by atoms with Gasteiger partial charge in [0.25, 0.3) is 0 Å². The van der Waals surface area contributed by atoms with Gasteiger partial charge in [-0.25, -0.2) is 0 Å². The predicted octanol–water partition coefficient (Wildman–Crippen LogP) is 4.89. The molecule has 1 atom stereocenters. The van der Waals surface area contributed by atoms with Crippen LogP contribution < -0.4 is 4.74 Å². The third kappa shape index (κ3) is 7.00. The molecule has 0 aliphatic carbocycles. The molecule has 0 saturated heterocycles. The van der Waals surface area contributed by atoms with Crippen LogP contribution in [0.3, 0.4) is 0 Å². The smallest absolute Gasteiger partial charge is 0.160 e. The van der Waals surface area contributed by atoms with Crippen molar-refractivity contribution < 1.29 is 9.84 Å². The normalized spacial score (nSPS) is 12.0. The molecule has 0 amide bonds. The first-order chi connectivity index (χ1) is 12.1. The molecule has 7 heteroatoms. The number of aliphatic hydroxyl groups is 1. The molecule has 1 unspecified atom stereocenters. The SMILES string of the molecule is CC.CC(CO)n1cc(Cl)cn1.COc1cnn(C(C)C)c1C(C)(C)C. The molecular formula is C19H35ClN4O2. The van der Waals surface area contributed by atoms with Crippen molar-refractivity contribution in [3.8, 4) is 5.75 Å². The number of halogens is 1. The molecule has 150 valence electrons. The summed E-state index contributed by atoms with van der Waals surface area (Å²) in [5.41, 5.74) is 1.22. The maximum Gasteiger partial charge on any atom is 0.160 e. The summed E-state index contributed by atoms with van der Waals surface area (Å²) in [5.74, 6) is 0.881. The van der Waals surface area contributed by atoms with Crippen LogP contribution >= 0.6 is 11.6 Å². The highest BCUT2D eigenvalue weighted by atomic mass is 35.5. The van der Waals surface area contributed by atoms with Crippen molar-refractivity contribution in [1.29, 1.82) is 0 Å². The predicted molar refractivity (Wildman–Crippen MR) is 108 cm³/mol. The molecular weight excluding hydrogens is 352 g/mol. The average molecular weight is 387 g/mol. The van der Waals surface area contributed by atoms with Gasteiger partial charge in [-0.2, -0.15) is 10.2 Å². The van der Waals surface area contributed by atoms with Gasteiger partial charge in [-0.3, -0.25) is 9.36 Å². The van der Waals surface area contributed by atoms with E-state index >= 15 is 0 Å². The minimum absolute atomic E-state index is 0.00694. The molecule has 0 radical (unpaired) electrons. The van der Waals surface area contributed by atoms with Gasteiger partial charge in [0.15, 0.2) is 5.75 Å². The molecule has 0 bridgehead atoms. The van der Waals surface area contributed by atoms with E-state index in [1.165, 1.54) is 0 Å². The summed E-state index contributed by atoms with van der Waals surface area (Å²) in [4.78, 5) is 0. The summed E-state index contributed by atoms with van der Waals surface area (Å²) >= 11 is 5.60. The fourth-order valence-electron chi connectivity index (χ4n) is 2.24. The van der Waals surface area contributed by atoms with Crippen molar-refractivity contribution in [1.82, 2.24) is 19.6 Å². The Balaban J connectivity index is 0.000000458. The van der Waals surface area contributed by atoms with Crippen LogP contribution in [0.2, 0.25) is 5.02 Å². The lowest BCUT2D eigenvalue weighted by atomic mass is 9.91. The lowest BCUT2D eigenvalue weighted by molar-refractivity contribution is 0.230. The summed E-state index contributed by atoms with van der Waals surface area (Å²) in [5, 5.41) is 17.5. The number of methoxy groups -OCH3 is 1. The van der Waals surface area contributed by atoms with Gasteiger partial charge in [0.1, 0.15) is 0 Å². The minimum Gasteiger partial charge on any atom is -0.493 e. The lowest BCUT2D eigenvalue weighted by Crippen LogP contribution is -2.20. The number of hydrogen-bond donors (Lipinski definition) is 1. The quantitative estimate of drug-likeness (QED) is 0.812. The zero-order chi connectivity index (χ0) is 20.5. The third-order valence-electron chi connectivity index (χ3n) is 3.47. The summed E-state index contributed by atoms with van der Waals surface area (Å²) in [6.45, 7) is 16.7. The van der Waals surface area contributed by atoms with Crippen LogP contribution in [0, 0.1) is 0 Å². The van der Waals surface area contributed by atoms with Crippen molar-refractivity contribution >= 4 is 11.6 Å². The number of aromatic nitrogens is 4. The first-order valence-corrected chi connectivity index (χ1v) is 9.42. The van der Waals surface area contributed by atoms with Gasteiger partial charge in [0, 0.05) is 17.7 Å². The van der Waals surface area contributed by atoms with Crippen LogP contribution in [0.5, 0.6) is 5.75 Å². The van der Waals surface area contributed by atoms with E-state index in [-0.39, 0.29) is 18.1 Å². The zero-order valence-electron chi connectivity index (χ0n) is 17.6. The Morgan fingerprint density at radius 1 is 1.15 bits per heavy atom. The highest BCUT2D eigenvalue weighted by Crippen LogP contribution is 2.32. The molecule has 0 aliphatic heterocycles. The summed E-state index contributed by atoms with van der Waals surface area (Å²) < 4.78 is 8.97. The molecule has 0 saturated carbocycles. The Morgan fingerprint density at radius 2 is 1.73 bits per heavy atom. The molecule has 26 heavy (non-hydrogen) atoms. The molecule has 2 aromatic heterocycles. The number of nitrogens with zero attached hydrogens (tertiary/aromatic N) is 4. The van der Waals surface area contributed by atoms with Gasteiger partial charge < -0.3 is 9.84 Å². The molecule has 1 N–H and O–H groups in total. The first-order valence-electron chi connectivity index (χ1n) is 9.04. The Kier molecular flexibility index (Phi) is 10.6. The number of ether oxygens (including phenoxy) is 1. The molecule has 0 fully saturated rings. The summed E-state index contributed by atoms with van der Waals surface area (Å²) in [7, 11) is 1.69. The molecule has 6 nitrogen and oxygen atoms in total. The number of aliphatic hydroxyl groups excluding tert-OH is 1. The van der Waals surface area contributed by atoms with Gasteiger partial charge in [-0.1, -0.05) is 46.2 Å². The van der Waals surface area contributed by atoms with Crippen LogP contribution in [-0.4, -0.2) is 38.4 Å². The Bertz CT molecular complexity index is 630. The van der Waals surface area contributed by atoms with Crippen molar-refractivity contribution in [2.45, 2.75) is 72.9 Å². The highest BCUT2D eigenvalue weighted by molar-refractivity contribution is 6.30. The Hall–Kier alpha value is -1.53. The first kappa shape index (κ1) is 24.5.